The zero-order chi connectivity index (χ0) is 20.0. The van der Waals surface area contributed by atoms with Crippen LogP contribution in [-0.2, 0) is 14.4 Å². The second kappa shape index (κ2) is 7.08. The number of allylic oxidation sites excluding steroid dienone is 2. The molecule has 2 bridgehead atoms. The lowest BCUT2D eigenvalue weighted by atomic mass is 9.85. The number of likely N-dealkylation sites (N-methyl/N-ethyl adjacent to an activating group) is 1. The summed E-state index contributed by atoms with van der Waals surface area (Å²) < 4.78 is 5.28. The molecule has 0 radical (unpaired) electrons. The highest BCUT2D eigenvalue weighted by molar-refractivity contribution is 6.08. The predicted molar refractivity (Wildman–Crippen MR) is 103 cm³/mol. The van der Waals surface area contributed by atoms with Crippen LogP contribution in [0.5, 0.6) is 5.75 Å². The number of nitrogens with zero attached hydrogens (tertiary/aromatic N) is 2. The maximum Gasteiger partial charge on any atom is 0.243 e. The molecule has 2 aliphatic carbocycles. The molecule has 6 nitrogen and oxygen atoms in total. The molecule has 1 saturated carbocycles. The van der Waals surface area contributed by atoms with Gasteiger partial charge in [-0.1, -0.05) is 24.3 Å². The lowest BCUT2D eigenvalue weighted by Gasteiger charge is -2.30. The van der Waals surface area contributed by atoms with Crippen molar-refractivity contribution in [3.05, 3.63) is 42.0 Å². The molecule has 3 amide bonds. The molecule has 4 rings (SSSR count). The SMILES string of the molecule is CCN(C(=O)CN1C(=O)C2C3C=CC(C3)C2C1=O)C(C)c1cccc(OC)c1. The molecule has 1 heterocycles. The third-order valence-corrected chi connectivity index (χ3v) is 6.56. The van der Waals surface area contributed by atoms with E-state index in [1.54, 1.807) is 12.0 Å². The van der Waals surface area contributed by atoms with Gasteiger partial charge in [0.15, 0.2) is 0 Å². The summed E-state index contributed by atoms with van der Waals surface area (Å²) in [5.74, 6) is -0.0413. The Labute approximate surface area is 165 Å². The van der Waals surface area contributed by atoms with Gasteiger partial charge in [-0.15, -0.1) is 0 Å². The number of methoxy groups -OCH3 is 1. The molecular weight excluding hydrogens is 356 g/mol. The number of hydrogen-bond acceptors (Lipinski definition) is 4. The highest BCUT2D eigenvalue weighted by Gasteiger charge is 2.59. The number of carbonyl (C=O) groups is 3. The van der Waals surface area contributed by atoms with Crippen LogP contribution in [0.2, 0.25) is 0 Å². The second-order valence-corrected chi connectivity index (χ2v) is 7.89. The molecule has 0 N–H and O–H groups in total. The zero-order valence-electron chi connectivity index (χ0n) is 16.5. The fraction of sp³-hybridized carbons (Fsp3) is 0.500. The van der Waals surface area contributed by atoms with Gasteiger partial charge < -0.3 is 9.64 Å². The zero-order valence-corrected chi connectivity index (χ0v) is 16.5. The lowest BCUT2D eigenvalue weighted by Crippen LogP contribution is -2.44. The van der Waals surface area contributed by atoms with Crippen LogP contribution in [0.4, 0.5) is 0 Å². The molecule has 1 aromatic rings. The van der Waals surface area contributed by atoms with Crippen molar-refractivity contribution in [2.75, 3.05) is 20.2 Å². The Morgan fingerprint density at radius 3 is 2.43 bits per heavy atom. The van der Waals surface area contributed by atoms with Crippen molar-refractivity contribution in [3.63, 3.8) is 0 Å². The van der Waals surface area contributed by atoms with Crippen LogP contribution < -0.4 is 4.74 Å². The van der Waals surface area contributed by atoms with E-state index in [2.05, 4.69) is 12.2 Å². The Hall–Kier alpha value is -2.63. The summed E-state index contributed by atoms with van der Waals surface area (Å²) in [4.78, 5) is 41.6. The molecule has 6 heteroatoms. The molecule has 1 aliphatic heterocycles. The smallest absolute Gasteiger partial charge is 0.243 e. The van der Waals surface area contributed by atoms with Gasteiger partial charge in [0.2, 0.25) is 17.7 Å². The topological polar surface area (TPSA) is 66.9 Å². The number of hydrogen-bond donors (Lipinski definition) is 0. The van der Waals surface area contributed by atoms with Gasteiger partial charge in [0, 0.05) is 6.54 Å². The van der Waals surface area contributed by atoms with Gasteiger partial charge in [0.25, 0.3) is 0 Å². The van der Waals surface area contributed by atoms with Crippen molar-refractivity contribution in [2.24, 2.45) is 23.7 Å². The minimum atomic E-state index is -0.263. The molecule has 1 aromatic carbocycles. The normalized spacial score (nSPS) is 28.6. The number of likely N-dealkylation sites (tertiary alicyclic amines) is 1. The van der Waals surface area contributed by atoms with Crippen LogP contribution >= 0.6 is 0 Å². The fourth-order valence-corrected chi connectivity index (χ4v) is 5.09. The van der Waals surface area contributed by atoms with Crippen LogP contribution in [0.15, 0.2) is 36.4 Å². The highest BCUT2D eigenvalue weighted by atomic mass is 16.5. The molecule has 28 heavy (non-hydrogen) atoms. The fourth-order valence-electron chi connectivity index (χ4n) is 5.09. The molecule has 3 aliphatic rings. The van der Waals surface area contributed by atoms with E-state index in [-0.39, 0.29) is 54.0 Å². The number of ether oxygens (including phenoxy) is 1. The molecule has 2 fully saturated rings. The van der Waals surface area contributed by atoms with E-state index in [9.17, 15) is 14.4 Å². The molecule has 148 valence electrons. The molecular formula is C22H26N2O4. The Bertz CT molecular complexity index is 819. The summed E-state index contributed by atoms with van der Waals surface area (Å²) in [7, 11) is 1.61. The standard InChI is InChI=1S/C22H26N2O4/c1-4-23(13(2)14-6-5-7-17(11-14)28-3)18(25)12-24-21(26)19-15-8-9-16(10-15)20(19)22(24)27/h5-9,11,13,15-16,19-20H,4,10,12H2,1-3H3. The maximum absolute atomic E-state index is 13.0. The average Bonchev–Trinajstić information content (AvgIpc) is 3.38. The van der Waals surface area contributed by atoms with Gasteiger partial charge in [-0.25, -0.2) is 0 Å². The Morgan fingerprint density at radius 2 is 1.86 bits per heavy atom. The highest BCUT2D eigenvalue weighted by Crippen LogP contribution is 2.52. The number of rotatable bonds is 6. The van der Waals surface area contributed by atoms with E-state index in [4.69, 9.17) is 4.74 Å². The van der Waals surface area contributed by atoms with Crippen molar-refractivity contribution < 1.29 is 19.1 Å². The lowest BCUT2D eigenvalue weighted by molar-refractivity contribution is -0.147. The first kappa shape index (κ1) is 18.7. The maximum atomic E-state index is 13.0. The van der Waals surface area contributed by atoms with Crippen LogP contribution in [-0.4, -0.2) is 47.7 Å². The second-order valence-electron chi connectivity index (χ2n) is 7.89. The van der Waals surface area contributed by atoms with Gasteiger partial charge in [-0.05, 0) is 49.8 Å². The molecule has 5 atom stereocenters. The minimum absolute atomic E-state index is 0.157. The summed E-state index contributed by atoms with van der Waals surface area (Å²) in [5.41, 5.74) is 0.952. The first-order chi connectivity index (χ1) is 13.5. The Balaban J connectivity index is 1.49. The number of amides is 3. The van der Waals surface area contributed by atoms with Gasteiger partial charge in [-0.3, -0.25) is 19.3 Å². The summed E-state index contributed by atoms with van der Waals surface area (Å²) in [6.45, 7) is 4.17. The third kappa shape index (κ3) is 2.82. The monoisotopic (exact) mass is 382 g/mol. The van der Waals surface area contributed by atoms with Crippen LogP contribution in [0.25, 0.3) is 0 Å². The van der Waals surface area contributed by atoms with E-state index in [0.717, 1.165) is 17.7 Å². The van der Waals surface area contributed by atoms with E-state index in [1.807, 2.05) is 38.1 Å². The summed E-state index contributed by atoms with van der Waals surface area (Å²) >= 11 is 0. The minimum Gasteiger partial charge on any atom is -0.497 e. The molecule has 0 spiro atoms. The van der Waals surface area contributed by atoms with Crippen molar-refractivity contribution in [1.82, 2.24) is 9.80 Å². The van der Waals surface area contributed by atoms with Gasteiger partial charge >= 0.3 is 0 Å². The predicted octanol–water partition coefficient (Wildman–Crippen LogP) is 2.41. The Kier molecular flexibility index (Phi) is 4.73. The number of carbonyl (C=O) groups excluding carboxylic acids is 3. The van der Waals surface area contributed by atoms with Gasteiger partial charge in [0.05, 0.1) is 25.0 Å². The van der Waals surface area contributed by atoms with E-state index in [1.165, 1.54) is 4.90 Å². The number of imide groups is 1. The largest absolute Gasteiger partial charge is 0.497 e. The quantitative estimate of drug-likeness (QED) is 0.560. The first-order valence-corrected chi connectivity index (χ1v) is 9.93. The number of benzene rings is 1. The molecule has 0 aromatic heterocycles. The van der Waals surface area contributed by atoms with Gasteiger partial charge in [-0.2, -0.15) is 0 Å². The van der Waals surface area contributed by atoms with Crippen molar-refractivity contribution in [2.45, 2.75) is 26.3 Å². The van der Waals surface area contributed by atoms with Gasteiger partial charge in [0.1, 0.15) is 12.3 Å². The first-order valence-electron chi connectivity index (χ1n) is 9.93. The molecule has 5 unspecified atom stereocenters. The third-order valence-electron chi connectivity index (χ3n) is 6.56. The van der Waals surface area contributed by atoms with E-state index in [0.29, 0.717) is 6.54 Å². The number of fused-ring (bicyclic) bond motifs is 5. The summed E-state index contributed by atoms with van der Waals surface area (Å²) in [6.07, 6.45) is 5.01. The van der Waals surface area contributed by atoms with Crippen molar-refractivity contribution in [3.8, 4) is 5.75 Å². The Morgan fingerprint density at radius 1 is 1.21 bits per heavy atom. The van der Waals surface area contributed by atoms with Crippen LogP contribution in [0.1, 0.15) is 31.9 Å². The summed E-state index contributed by atoms with van der Waals surface area (Å²) in [6, 6.07) is 7.42. The van der Waals surface area contributed by atoms with Crippen LogP contribution in [0.3, 0.4) is 0 Å². The summed E-state index contributed by atoms with van der Waals surface area (Å²) in [5, 5.41) is 0. The average molecular weight is 382 g/mol. The van der Waals surface area contributed by atoms with E-state index >= 15 is 0 Å². The van der Waals surface area contributed by atoms with Crippen molar-refractivity contribution >= 4 is 17.7 Å². The van der Waals surface area contributed by atoms with Crippen LogP contribution in [0, 0.1) is 23.7 Å². The van der Waals surface area contributed by atoms with Crippen molar-refractivity contribution in [1.29, 1.82) is 0 Å². The molecule has 1 saturated heterocycles. The van der Waals surface area contributed by atoms with E-state index < -0.39 is 0 Å².